The van der Waals surface area contributed by atoms with Gasteiger partial charge in [-0.15, -0.1) is 0 Å². The SMILES string of the molecule is CCCCC(=O)c1cc(NNS)ccc1CC. The Hall–Kier alpha value is -1.00. The molecule has 0 spiro atoms. The van der Waals surface area contributed by atoms with Gasteiger partial charge >= 0.3 is 0 Å². The van der Waals surface area contributed by atoms with Crippen molar-refractivity contribution in [3.05, 3.63) is 29.3 Å². The number of aryl methyl sites for hydroxylation is 1. The molecule has 0 atom stereocenters. The summed E-state index contributed by atoms with van der Waals surface area (Å²) in [4.78, 5) is 14.6. The van der Waals surface area contributed by atoms with Gasteiger partial charge in [0.05, 0.1) is 5.69 Å². The molecule has 0 unspecified atom stereocenters. The van der Waals surface area contributed by atoms with Crippen LogP contribution >= 0.6 is 12.8 Å². The number of carbonyl (C=O) groups excluding carboxylic acids is 1. The van der Waals surface area contributed by atoms with Crippen LogP contribution in [0.4, 0.5) is 5.69 Å². The zero-order valence-corrected chi connectivity index (χ0v) is 11.3. The van der Waals surface area contributed by atoms with E-state index >= 15 is 0 Å². The minimum absolute atomic E-state index is 0.228. The largest absolute Gasteiger partial charge is 0.312 e. The summed E-state index contributed by atoms with van der Waals surface area (Å²) < 4.78 is 0. The van der Waals surface area contributed by atoms with E-state index in [-0.39, 0.29) is 5.78 Å². The van der Waals surface area contributed by atoms with E-state index in [9.17, 15) is 4.79 Å². The van der Waals surface area contributed by atoms with Gasteiger partial charge in [-0.1, -0.05) is 39.1 Å². The Morgan fingerprint density at radius 1 is 1.35 bits per heavy atom. The molecular formula is C13H20N2OS. The third-order valence-electron chi connectivity index (χ3n) is 2.75. The molecule has 0 heterocycles. The highest BCUT2D eigenvalue weighted by Crippen LogP contribution is 2.19. The molecular weight excluding hydrogens is 232 g/mol. The highest BCUT2D eigenvalue weighted by Gasteiger charge is 2.10. The lowest BCUT2D eigenvalue weighted by Gasteiger charge is -2.10. The number of benzene rings is 1. The predicted octanol–water partition coefficient (Wildman–Crippen LogP) is 3.38. The van der Waals surface area contributed by atoms with Crippen LogP contribution in [-0.4, -0.2) is 5.78 Å². The van der Waals surface area contributed by atoms with Gasteiger partial charge in [0.25, 0.3) is 0 Å². The summed E-state index contributed by atoms with van der Waals surface area (Å²) in [5, 5.41) is 0. The summed E-state index contributed by atoms with van der Waals surface area (Å²) in [6.07, 6.45) is 3.50. The van der Waals surface area contributed by atoms with Crippen LogP contribution in [0, 0.1) is 0 Å². The number of rotatable bonds is 7. The minimum Gasteiger partial charge on any atom is -0.312 e. The van der Waals surface area contributed by atoms with E-state index in [1.54, 1.807) is 0 Å². The van der Waals surface area contributed by atoms with Crippen molar-refractivity contribution in [2.24, 2.45) is 0 Å². The van der Waals surface area contributed by atoms with Crippen LogP contribution in [0.2, 0.25) is 0 Å². The Morgan fingerprint density at radius 3 is 2.71 bits per heavy atom. The van der Waals surface area contributed by atoms with Gasteiger partial charge in [-0.2, -0.15) is 4.83 Å². The highest BCUT2D eigenvalue weighted by atomic mass is 32.1. The fourth-order valence-corrected chi connectivity index (χ4v) is 1.89. The van der Waals surface area contributed by atoms with E-state index < -0.39 is 0 Å². The monoisotopic (exact) mass is 252 g/mol. The molecule has 3 nitrogen and oxygen atoms in total. The molecule has 0 saturated carbocycles. The van der Waals surface area contributed by atoms with E-state index in [1.165, 1.54) is 0 Å². The molecule has 1 aromatic carbocycles. The number of carbonyl (C=O) groups is 1. The molecule has 1 rings (SSSR count). The quantitative estimate of drug-likeness (QED) is 0.396. The van der Waals surface area contributed by atoms with Crippen molar-refractivity contribution in [3.8, 4) is 0 Å². The molecule has 0 bridgehead atoms. The molecule has 2 N–H and O–H groups in total. The fourth-order valence-electron chi connectivity index (χ4n) is 1.76. The second kappa shape index (κ2) is 7.35. The van der Waals surface area contributed by atoms with E-state index in [4.69, 9.17) is 0 Å². The number of anilines is 1. The molecule has 0 saturated heterocycles. The van der Waals surface area contributed by atoms with Crippen LogP contribution in [0.25, 0.3) is 0 Å². The molecule has 17 heavy (non-hydrogen) atoms. The summed E-state index contributed by atoms with van der Waals surface area (Å²) in [6.45, 7) is 4.16. The zero-order valence-electron chi connectivity index (χ0n) is 10.4. The number of hydrogen-bond acceptors (Lipinski definition) is 4. The number of ketones is 1. The smallest absolute Gasteiger partial charge is 0.163 e. The zero-order chi connectivity index (χ0) is 12.7. The first-order valence-electron chi connectivity index (χ1n) is 6.04. The van der Waals surface area contributed by atoms with E-state index in [0.717, 1.165) is 36.1 Å². The molecule has 0 fully saturated rings. The van der Waals surface area contributed by atoms with Gasteiger partial charge in [-0.05, 0) is 30.5 Å². The summed E-state index contributed by atoms with van der Waals surface area (Å²) in [5.74, 6) is 0.228. The minimum atomic E-state index is 0.228. The van der Waals surface area contributed by atoms with Crippen LogP contribution in [0.5, 0.6) is 0 Å². The number of nitrogens with one attached hydrogen (secondary N) is 2. The first kappa shape index (κ1) is 14.1. The molecule has 0 aliphatic rings. The third-order valence-corrected chi connectivity index (χ3v) is 2.86. The molecule has 0 aromatic heterocycles. The first-order valence-corrected chi connectivity index (χ1v) is 6.48. The van der Waals surface area contributed by atoms with Gasteiger partial charge in [0, 0.05) is 12.0 Å². The second-order valence-corrected chi connectivity index (χ2v) is 4.21. The maximum atomic E-state index is 12.1. The summed E-state index contributed by atoms with van der Waals surface area (Å²) in [5.41, 5.74) is 5.67. The molecule has 0 amide bonds. The van der Waals surface area contributed by atoms with E-state index in [2.05, 4.69) is 36.9 Å². The number of hydrogen-bond donors (Lipinski definition) is 3. The lowest BCUT2D eigenvalue weighted by Crippen LogP contribution is -2.11. The van der Waals surface area contributed by atoms with Crippen molar-refractivity contribution < 1.29 is 4.79 Å². The van der Waals surface area contributed by atoms with Crippen LogP contribution in [0.15, 0.2) is 18.2 Å². The Kier molecular flexibility index (Phi) is 6.08. The highest BCUT2D eigenvalue weighted by molar-refractivity contribution is 7.78. The van der Waals surface area contributed by atoms with Gasteiger partial charge in [-0.25, -0.2) is 0 Å². The van der Waals surface area contributed by atoms with Gasteiger partial charge in [0.15, 0.2) is 5.78 Å². The van der Waals surface area contributed by atoms with Crippen molar-refractivity contribution in [3.63, 3.8) is 0 Å². The Bertz CT molecular complexity index is 380. The Balaban J connectivity index is 2.92. The van der Waals surface area contributed by atoms with Gasteiger partial charge in [-0.3, -0.25) is 4.79 Å². The van der Waals surface area contributed by atoms with Gasteiger partial charge < -0.3 is 5.43 Å². The lowest BCUT2D eigenvalue weighted by molar-refractivity contribution is 0.0979. The summed E-state index contributed by atoms with van der Waals surface area (Å²) >= 11 is 3.88. The number of hydrazine groups is 1. The molecule has 1 aromatic rings. The van der Waals surface area contributed by atoms with Crippen molar-refractivity contribution >= 4 is 24.3 Å². The molecule has 4 heteroatoms. The molecule has 0 aliphatic carbocycles. The van der Waals surface area contributed by atoms with Crippen molar-refractivity contribution in [2.45, 2.75) is 39.5 Å². The van der Waals surface area contributed by atoms with Crippen molar-refractivity contribution in [1.82, 2.24) is 4.83 Å². The first-order chi connectivity index (χ1) is 8.22. The van der Waals surface area contributed by atoms with Crippen molar-refractivity contribution in [1.29, 1.82) is 0 Å². The Morgan fingerprint density at radius 2 is 2.12 bits per heavy atom. The summed E-state index contributed by atoms with van der Waals surface area (Å²) in [7, 11) is 0. The van der Waals surface area contributed by atoms with E-state index in [0.29, 0.717) is 6.42 Å². The van der Waals surface area contributed by atoms with Crippen LogP contribution in [0.3, 0.4) is 0 Å². The van der Waals surface area contributed by atoms with Crippen LogP contribution in [-0.2, 0) is 6.42 Å². The second-order valence-electron chi connectivity index (χ2n) is 3.99. The fraction of sp³-hybridized carbons (Fsp3) is 0.462. The van der Waals surface area contributed by atoms with Gasteiger partial charge in [0.2, 0.25) is 0 Å². The topological polar surface area (TPSA) is 41.1 Å². The van der Waals surface area contributed by atoms with E-state index in [1.807, 2.05) is 18.2 Å². The average molecular weight is 252 g/mol. The molecule has 0 aliphatic heterocycles. The maximum Gasteiger partial charge on any atom is 0.163 e. The van der Waals surface area contributed by atoms with Gasteiger partial charge in [0.1, 0.15) is 0 Å². The Labute approximate surface area is 109 Å². The normalized spacial score (nSPS) is 10.3. The lowest BCUT2D eigenvalue weighted by atomic mass is 9.98. The number of unbranched alkanes of at least 4 members (excludes halogenated alkanes) is 1. The molecule has 94 valence electrons. The predicted molar refractivity (Wildman–Crippen MR) is 75.4 cm³/mol. The number of Topliss-reactive ketones (excluding diaryl/α,β-unsaturated/α-hetero) is 1. The van der Waals surface area contributed by atoms with Crippen LogP contribution < -0.4 is 10.3 Å². The summed E-state index contributed by atoms with van der Waals surface area (Å²) in [6, 6.07) is 5.82. The standard InChI is InChI=1S/C13H20N2OS/c1-3-5-6-13(16)12-9-11(14-15-17)8-7-10(12)4-2/h7-9,14-15,17H,3-6H2,1-2H3. The van der Waals surface area contributed by atoms with Crippen LogP contribution in [0.1, 0.15) is 49.0 Å². The average Bonchev–Trinajstić information content (AvgIpc) is 2.36. The maximum absolute atomic E-state index is 12.1. The molecule has 0 radical (unpaired) electrons. The van der Waals surface area contributed by atoms with Crippen molar-refractivity contribution in [2.75, 3.05) is 5.43 Å². The third kappa shape index (κ3) is 4.06. The number of thiol groups is 1.